The van der Waals surface area contributed by atoms with Gasteiger partial charge in [-0.25, -0.2) is 0 Å². The van der Waals surface area contributed by atoms with Crippen LogP contribution in [0.5, 0.6) is 11.5 Å². The maximum atomic E-state index is 5.78. The number of morpholine rings is 1. The SMILES string of the molecule is CCc1nnc(-c2ccc(OCCN3CCOCC3)cc2)o1.SCCCOc1ccccc1. The third-order valence-corrected chi connectivity index (χ3v) is 5.28. The van der Waals surface area contributed by atoms with Gasteiger partial charge in [-0.05, 0) is 48.6 Å². The summed E-state index contributed by atoms with van der Waals surface area (Å²) in [5.41, 5.74) is 0.910. The van der Waals surface area contributed by atoms with Crippen LogP contribution in [0.2, 0.25) is 0 Å². The average molecular weight is 472 g/mol. The van der Waals surface area contributed by atoms with Crippen molar-refractivity contribution < 1.29 is 18.6 Å². The first-order valence-electron chi connectivity index (χ1n) is 11.4. The van der Waals surface area contributed by atoms with Gasteiger partial charge in [-0.15, -0.1) is 10.2 Å². The number of aromatic nitrogens is 2. The summed E-state index contributed by atoms with van der Waals surface area (Å²) in [6.45, 7) is 7.96. The molecule has 1 aliphatic rings. The van der Waals surface area contributed by atoms with Crippen molar-refractivity contribution in [3.05, 3.63) is 60.5 Å². The first kappa shape index (κ1) is 25.1. The lowest BCUT2D eigenvalue weighted by molar-refractivity contribution is 0.0322. The van der Waals surface area contributed by atoms with Gasteiger partial charge in [0.2, 0.25) is 11.8 Å². The second kappa shape index (κ2) is 14.6. The van der Waals surface area contributed by atoms with E-state index < -0.39 is 0 Å². The van der Waals surface area contributed by atoms with Crippen LogP contribution >= 0.6 is 12.6 Å². The van der Waals surface area contributed by atoms with Gasteiger partial charge in [-0.1, -0.05) is 25.1 Å². The Kier molecular flexibility index (Phi) is 11.1. The van der Waals surface area contributed by atoms with E-state index in [-0.39, 0.29) is 0 Å². The minimum absolute atomic E-state index is 0.553. The number of hydrogen-bond acceptors (Lipinski definition) is 8. The highest BCUT2D eigenvalue weighted by molar-refractivity contribution is 7.80. The number of thiol groups is 1. The fourth-order valence-electron chi connectivity index (χ4n) is 3.10. The molecule has 1 saturated heterocycles. The normalized spacial score (nSPS) is 13.8. The zero-order valence-electron chi connectivity index (χ0n) is 19.2. The summed E-state index contributed by atoms with van der Waals surface area (Å²) in [4.78, 5) is 2.35. The highest BCUT2D eigenvalue weighted by atomic mass is 32.1. The quantitative estimate of drug-likeness (QED) is 0.347. The Morgan fingerprint density at radius 3 is 2.27 bits per heavy atom. The molecule has 8 heteroatoms. The van der Waals surface area contributed by atoms with Gasteiger partial charge in [0.1, 0.15) is 18.1 Å². The number of para-hydroxylation sites is 1. The molecule has 178 valence electrons. The van der Waals surface area contributed by atoms with Gasteiger partial charge < -0.3 is 18.6 Å². The van der Waals surface area contributed by atoms with Crippen LogP contribution < -0.4 is 9.47 Å². The van der Waals surface area contributed by atoms with E-state index in [0.717, 1.165) is 75.1 Å². The van der Waals surface area contributed by atoms with E-state index in [0.29, 0.717) is 18.4 Å². The van der Waals surface area contributed by atoms with Crippen molar-refractivity contribution in [2.45, 2.75) is 19.8 Å². The fourth-order valence-corrected chi connectivity index (χ4v) is 3.22. The number of hydrogen-bond donors (Lipinski definition) is 1. The molecule has 0 unspecified atom stereocenters. The lowest BCUT2D eigenvalue weighted by Crippen LogP contribution is -2.38. The topological polar surface area (TPSA) is 69.9 Å². The minimum Gasteiger partial charge on any atom is -0.494 e. The van der Waals surface area contributed by atoms with E-state index in [1.165, 1.54) is 0 Å². The van der Waals surface area contributed by atoms with Gasteiger partial charge >= 0.3 is 0 Å². The summed E-state index contributed by atoms with van der Waals surface area (Å²) in [6.07, 6.45) is 1.74. The van der Waals surface area contributed by atoms with Gasteiger partial charge in [0.25, 0.3) is 0 Å². The predicted molar refractivity (Wildman–Crippen MR) is 132 cm³/mol. The molecular formula is C25H33N3O4S. The summed E-state index contributed by atoms with van der Waals surface area (Å²) >= 11 is 4.09. The molecule has 7 nitrogen and oxygen atoms in total. The van der Waals surface area contributed by atoms with Gasteiger partial charge in [-0.3, -0.25) is 4.90 Å². The predicted octanol–water partition coefficient (Wildman–Crippen LogP) is 4.40. The minimum atomic E-state index is 0.553. The molecule has 0 spiro atoms. The van der Waals surface area contributed by atoms with Crippen molar-refractivity contribution in [3.8, 4) is 23.0 Å². The van der Waals surface area contributed by atoms with Crippen LogP contribution in [0, 0.1) is 0 Å². The molecule has 2 heterocycles. The molecule has 0 radical (unpaired) electrons. The Hall–Kier alpha value is -2.55. The number of rotatable bonds is 10. The summed E-state index contributed by atoms with van der Waals surface area (Å²) in [7, 11) is 0. The monoisotopic (exact) mass is 471 g/mol. The fraction of sp³-hybridized carbons (Fsp3) is 0.440. The maximum absolute atomic E-state index is 5.78. The van der Waals surface area contributed by atoms with Crippen LogP contribution in [0.1, 0.15) is 19.2 Å². The van der Waals surface area contributed by atoms with Crippen molar-refractivity contribution in [1.29, 1.82) is 0 Å². The highest BCUT2D eigenvalue weighted by Gasteiger charge is 2.10. The van der Waals surface area contributed by atoms with E-state index in [9.17, 15) is 0 Å². The van der Waals surface area contributed by atoms with Crippen LogP contribution in [0.15, 0.2) is 59.0 Å². The zero-order valence-corrected chi connectivity index (χ0v) is 20.1. The molecule has 3 aromatic rings. The van der Waals surface area contributed by atoms with Crippen LogP contribution in [-0.2, 0) is 11.2 Å². The second-order valence-electron chi connectivity index (χ2n) is 7.42. The van der Waals surface area contributed by atoms with Gasteiger partial charge in [0.15, 0.2) is 0 Å². The largest absolute Gasteiger partial charge is 0.494 e. The van der Waals surface area contributed by atoms with Crippen LogP contribution in [0.4, 0.5) is 0 Å². The van der Waals surface area contributed by atoms with Gasteiger partial charge in [0, 0.05) is 31.6 Å². The van der Waals surface area contributed by atoms with E-state index in [1.807, 2.05) is 61.5 Å². The molecular weight excluding hydrogens is 438 g/mol. The van der Waals surface area contributed by atoms with Crippen molar-refractivity contribution in [2.24, 2.45) is 0 Å². The van der Waals surface area contributed by atoms with E-state index >= 15 is 0 Å². The number of nitrogens with zero attached hydrogens (tertiary/aromatic N) is 3. The lowest BCUT2D eigenvalue weighted by atomic mass is 10.2. The third kappa shape index (κ3) is 9.07. The maximum Gasteiger partial charge on any atom is 0.247 e. The van der Waals surface area contributed by atoms with E-state index in [1.54, 1.807) is 0 Å². The smallest absolute Gasteiger partial charge is 0.247 e. The molecule has 0 N–H and O–H groups in total. The molecule has 1 aliphatic heterocycles. The Morgan fingerprint density at radius 1 is 0.909 bits per heavy atom. The lowest BCUT2D eigenvalue weighted by Gasteiger charge is -2.26. The van der Waals surface area contributed by atoms with Gasteiger partial charge in [-0.2, -0.15) is 12.6 Å². The second-order valence-corrected chi connectivity index (χ2v) is 7.87. The zero-order chi connectivity index (χ0) is 23.1. The molecule has 0 atom stereocenters. The summed E-state index contributed by atoms with van der Waals surface area (Å²) in [5, 5.41) is 8.01. The molecule has 4 rings (SSSR count). The van der Waals surface area contributed by atoms with Crippen molar-refractivity contribution in [1.82, 2.24) is 15.1 Å². The van der Waals surface area contributed by atoms with E-state index in [4.69, 9.17) is 18.6 Å². The average Bonchev–Trinajstić information content (AvgIpc) is 3.36. The number of benzene rings is 2. The van der Waals surface area contributed by atoms with Crippen LogP contribution in [0.25, 0.3) is 11.5 Å². The van der Waals surface area contributed by atoms with Gasteiger partial charge in [0.05, 0.1) is 19.8 Å². The van der Waals surface area contributed by atoms with Crippen molar-refractivity contribution in [2.75, 3.05) is 51.8 Å². The van der Waals surface area contributed by atoms with Crippen molar-refractivity contribution >= 4 is 12.6 Å². The number of aryl methyl sites for hydroxylation is 1. The molecule has 0 amide bonds. The van der Waals surface area contributed by atoms with E-state index in [2.05, 4.69) is 27.7 Å². The van der Waals surface area contributed by atoms with Crippen LogP contribution in [0.3, 0.4) is 0 Å². The molecule has 33 heavy (non-hydrogen) atoms. The molecule has 1 aromatic heterocycles. The van der Waals surface area contributed by atoms with Crippen molar-refractivity contribution in [3.63, 3.8) is 0 Å². The molecule has 0 saturated carbocycles. The molecule has 0 bridgehead atoms. The van der Waals surface area contributed by atoms with Crippen LogP contribution in [-0.4, -0.2) is 66.9 Å². The molecule has 0 aliphatic carbocycles. The summed E-state index contributed by atoms with van der Waals surface area (Å²) < 4.78 is 22.0. The summed E-state index contributed by atoms with van der Waals surface area (Å²) in [6, 6.07) is 17.6. The summed E-state index contributed by atoms with van der Waals surface area (Å²) in [5.74, 6) is 3.88. The highest BCUT2D eigenvalue weighted by Crippen LogP contribution is 2.21. The molecule has 2 aromatic carbocycles. The number of ether oxygens (including phenoxy) is 3. The molecule has 1 fully saturated rings. The Labute approximate surface area is 201 Å². The Morgan fingerprint density at radius 2 is 1.61 bits per heavy atom. The Balaban J connectivity index is 0.000000235. The first-order chi connectivity index (χ1) is 16.3. The standard InChI is InChI=1S/C16H21N3O3.C9H12OS/c1-2-15-17-18-16(22-15)13-3-5-14(6-4-13)21-12-9-19-7-10-20-11-8-19;11-8-4-7-10-9-5-2-1-3-6-9/h3-6H,2,7-12H2,1H3;1-3,5-6,11H,4,7-8H2. The third-order valence-electron chi connectivity index (χ3n) is 4.96. The first-order valence-corrected chi connectivity index (χ1v) is 12.1. The Bertz CT molecular complexity index is 900.